The summed E-state index contributed by atoms with van der Waals surface area (Å²) in [4.78, 5) is 2.81. The quantitative estimate of drug-likeness (QED) is 0.755. The second kappa shape index (κ2) is 6.30. The Morgan fingerprint density at radius 3 is 2.52 bits per heavy atom. The number of sulfonamides is 1. The summed E-state index contributed by atoms with van der Waals surface area (Å²) in [6.45, 7) is 1.53. The van der Waals surface area contributed by atoms with Gasteiger partial charge in [-0.15, -0.1) is 0 Å². The Kier molecular flexibility index (Phi) is 4.66. The van der Waals surface area contributed by atoms with Crippen LogP contribution < -0.4 is 9.46 Å². The number of methoxy groups -OCH3 is 1. The van der Waals surface area contributed by atoms with Crippen LogP contribution in [-0.4, -0.2) is 25.6 Å². The molecule has 1 atom stereocenters. The van der Waals surface area contributed by atoms with Crippen molar-refractivity contribution in [1.29, 1.82) is 0 Å². The summed E-state index contributed by atoms with van der Waals surface area (Å²) in [6, 6.07) is 8.20. The summed E-state index contributed by atoms with van der Waals surface area (Å²) >= 11 is 0. The molecular formula is C14H18N2O4S. The van der Waals surface area contributed by atoms with Crippen LogP contribution in [0.2, 0.25) is 0 Å². The number of nitrogens with one attached hydrogen (secondary N) is 2. The summed E-state index contributed by atoms with van der Waals surface area (Å²) < 4.78 is 32.1. The molecule has 0 saturated heterocycles. The summed E-state index contributed by atoms with van der Waals surface area (Å²) in [5.41, 5.74) is 1.28. The molecule has 0 fully saturated rings. The lowest BCUT2D eigenvalue weighted by Gasteiger charge is -2.14. The first-order valence-electron chi connectivity index (χ1n) is 6.40. The van der Waals surface area contributed by atoms with Crippen molar-refractivity contribution in [1.82, 2.24) is 9.71 Å². The zero-order chi connectivity index (χ0) is 15.5. The molecule has 6 nitrogen and oxygen atoms in total. The molecule has 2 aromatic rings. The second-order valence-corrected chi connectivity index (χ2v) is 6.35. The Morgan fingerprint density at radius 2 is 2.00 bits per heavy atom. The van der Waals surface area contributed by atoms with E-state index in [9.17, 15) is 8.42 Å². The Labute approximate surface area is 123 Å². The molecule has 0 saturated carbocycles. The van der Waals surface area contributed by atoms with Crippen LogP contribution in [0.25, 0.3) is 0 Å². The van der Waals surface area contributed by atoms with Gasteiger partial charge in [0.15, 0.2) is 0 Å². The van der Waals surface area contributed by atoms with Gasteiger partial charge in [-0.2, -0.15) is 0 Å². The molecule has 114 valence electrons. The van der Waals surface area contributed by atoms with Gasteiger partial charge < -0.3 is 14.8 Å². The predicted molar refractivity (Wildman–Crippen MR) is 78.4 cm³/mol. The van der Waals surface area contributed by atoms with Gasteiger partial charge in [0.1, 0.15) is 5.75 Å². The number of aromatic amines is 1. The highest BCUT2D eigenvalue weighted by Crippen LogP contribution is 2.20. The average Bonchev–Trinajstić information content (AvgIpc) is 2.96. The molecule has 1 heterocycles. The summed E-state index contributed by atoms with van der Waals surface area (Å²) in [5, 5.41) is 8.97. The summed E-state index contributed by atoms with van der Waals surface area (Å²) in [7, 11) is -2.06. The van der Waals surface area contributed by atoms with E-state index in [4.69, 9.17) is 9.84 Å². The number of rotatable bonds is 6. The first kappa shape index (κ1) is 15.6. The van der Waals surface area contributed by atoms with Gasteiger partial charge in [-0.05, 0) is 30.7 Å². The topological polar surface area (TPSA) is 91.4 Å². The van der Waals surface area contributed by atoms with Crippen LogP contribution in [0.15, 0.2) is 41.4 Å². The highest BCUT2D eigenvalue weighted by Gasteiger charge is 2.19. The minimum Gasteiger partial charge on any atom is -0.497 e. The van der Waals surface area contributed by atoms with Crippen molar-refractivity contribution in [2.75, 3.05) is 7.11 Å². The van der Waals surface area contributed by atoms with E-state index in [2.05, 4.69) is 9.71 Å². The number of ether oxygens (including phenoxy) is 1. The zero-order valence-corrected chi connectivity index (χ0v) is 12.6. The van der Waals surface area contributed by atoms with Crippen molar-refractivity contribution >= 4 is 10.0 Å². The van der Waals surface area contributed by atoms with Gasteiger partial charge in [0.05, 0.1) is 18.6 Å². The molecule has 21 heavy (non-hydrogen) atoms. The van der Waals surface area contributed by atoms with E-state index in [0.717, 1.165) is 5.56 Å². The molecular weight excluding hydrogens is 292 g/mol. The maximum Gasteiger partial charge on any atom is 0.242 e. The maximum atomic E-state index is 12.2. The molecule has 1 aromatic heterocycles. The number of aliphatic hydroxyl groups excluding tert-OH is 1. The third kappa shape index (κ3) is 3.63. The van der Waals surface area contributed by atoms with Crippen LogP contribution in [0.4, 0.5) is 0 Å². The van der Waals surface area contributed by atoms with Crippen molar-refractivity contribution in [2.45, 2.75) is 24.5 Å². The van der Waals surface area contributed by atoms with Crippen molar-refractivity contribution in [2.24, 2.45) is 0 Å². The molecule has 0 aliphatic carbocycles. The molecule has 0 aliphatic heterocycles. The SMILES string of the molecule is COc1ccc(C(C)NS(=O)(=O)c2c[nH]c(CO)c2)cc1. The Hall–Kier alpha value is -1.83. The van der Waals surface area contributed by atoms with Gasteiger partial charge in [0.2, 0.25) is 10.0 Å². The summed E-state index contributed by atoms with van der Waals surface area (Å²) in [6.07, 6.45) is 1.36. The third-order valence-corrected chi connectivity index (χ3v) is 4.66. The van der Waals surface area contributed by atoms with Gasteiger partial charge in [-0.3, -0.25) is 0 Å². The number of benzene rings is 1. The molecule has 2 rings (SSSR count). The van der Waals surface area contributed by atoms with E-state index < -0.39 is 10.0 Å². The molecule has 0 spiro atoms. The van der Waals surface area contributed by atoms with Crippen LogP contribution in [-0.2, 0) is 16.6 Å². The number of H-pyrrole nitrogens is 1. The normalized spacial score (nSPS) is 13.1. The first-order chi connectivity index (χ1) is 9.96. The zero-order valence-electron chi connectivity index (χ0n) is 11.8. The van der Waals surface area contributed by atoms with E-state index >= 15 is 0 Å². The second-order valence-electron chi connectivity index (χ2n) is 4.63. The van der Waals surface area contributed by atoms with Crippen molar-refractivity contribution in [3.63, 3.8) is 0 Å². The highest BCUT2D eigenvalue weighted by molar-refractivity contribution is 7.89. The van der Waals surface area contributed by atoms with E-state index in [1.807, 2.05) is 12.1 Å². The van der Waals surface area contributed by atoms with Gasteiger partial charge in [-0.25, -0.2) is 13.1 Å². The number of hydrogen-bond donors (Lipinski definition) is 3. The van der Waals surface area contributed by atoms with Gasteiger partial charge in [0.25, 0.3) is 0 Å². The van der Waals surface area contributed by atoms with Gasteiger partial charge in [-0.1, -0.05) is 12.1 Å². The minimum atomic E-state index is -3.64. The van der Waals surface area contributed by atoms with Crippen molar-refractivity contribution < 1.29 is 18.3 Å². The van der Waals surface area contributed by atoms with Crippen molar-refractivity contribution in [3.8, 4) is 5.75 Å². The van der Waals surface area contributed by atoms with Crippen LogP contribution in [0.5, 0.6) is 5.75 Å². The Morgan fingerprint density at radius 1 is 1.33 bits per heavy atom. The fourth-order valence-corrected chi connectivity index (χ4v) is 3.18. The van der Waals surface area contributed by atoms with E-state index in [1.165, 1.54) is 12.3 Å². The molecule has 0 radical (unpaired) electrons. The van der Waals surface area contributed by atoms with E-state index in [0.29, 0.717) is 11.4 Å². The fourth-order valence-electron chi connectivity index (χ4n) is 1.93. The molecule has 7 heteroatoms. The van der Waals surface area contributed by atoms with Crippen LogP contribution in [0.3, 0.4) is 0 Å². The lowest BCUT2D eigenvalue weighted by Crippen LogP contribution is -2.26. The van der Waals surface area contributed by atoms with E-state index in [-0.39, 0.29) is 17.5 Å². The predicted octanol–water partition coefficient (Wildman–Crippen LogP) is 1.56. The monoisotopic (exact) mass is 310 g/mol. The van der Waals surface area contributed by atoms with Crippen LogP contribution in [0, 0.1) is 0 Å². The molecule has 0 bridgehead atoms. The van der Waals surface area contributed by atoms with Crippen LogP contribution in [0.1, 0.15) is 24.2 Å². The number of aliphatic hydroxyl groups is 1. The molecule has 3 N–H and O–H groups in total. The number of aromatic nitrogens is 1. The lowest BCUT2D eigenvalue weighted by atomic mass is 10.1. The maximum absolute atomic E-state index is 12.2. The Bertz CT molecular complexity index is 692. The average molecular weight is 310 g/mol. The van der Waals surface area contributed by atoms with E-state index in [1.54, 1.807) is 26.2 Å². The summed E-state index contributed by atoms with van der Waals surface area (Å²) in [5.74, 6) is 0.715. The van der Waals surface area contributed by atoms with Gasteiger partial charge in [0, 0.05) is 17.9 Å². The van der Waals surface area contributed by atoms with Crippen molar-refractivity contribution in [3.05, 3.63) is 47.8 Å². The minimum absolute atomic E-state index is 0.104. The Balaban J connectivity index is 2.14. The third-order valence-electron chi connectivity index (χ3n) is 3.14. The van der Waals surface area contributed by atoms with Gasteiger partial charge >= 0.3 is 0 Å². The highest BCUT2D eigenvalue weighted by atomic mass is 32.2. The smallest absolute Gasteiger partial charge is 0.242 e. The standard InChI is InChI=1S/C14H18N2O4S/c1-10(11-3-5-13(20-2)6-4-11)16-21(18,19)14-7-12(9-17)15-8-14/h3-8,10,15-17H,9H2,1-2H3. The van der Waals surface area contributed by atoms with Crippen LogP contribution >= 0.6 is 0 Å². The largest absolute Gasteiger partial charge is 0.497 e. The number of hydrogen-bond acceptors (Lipinski definition) is 4. The molecule has 1 aromatic carbocycles. The lowest BCUT2D eigenvalue weighted by molar-refractivity contribution is 0.277. The molecule has 0 amide bonds. The molecule has 0 aliphatic rings. The fraction of sp³-hybridized carbons (Fsp3) is 0.286. The molecule has 1 unspecified atom stereocenters. The first-order valence-corrected chi connectivity index (χ1v) is 7.89.